The van der Waals surface area contributed by atoms with Crippen LogP contribution in [0.5, 0.6) is 0 Å². The zero-order valence-corrected chi connectivity index (χ0v) is 7.54. The summed E-state index contributed by atoms with van der Waals surface area (Å²) < 4.78 is 0. The van der Waals surface area contributed by atoms with E-state index in [0.29, 0.717) is 10.8 Å². The first-order chi connectivity index (χ1) is 2.94. The molecule has 0 aromatic rings. The van der Waals surface area contributed by atoms with E-state index < -0.39 is 0 Å². The summed E-state index contributed by atoms with van der Waals surface area (Å²) in [6.07, 6.45) is 0. The van der Waals surface area contributed by atoms with Gasteiger partial charge in [-0.2, -0.15) is 0 Å². The second kappa shape index (κ2) is 2.42. The van der Waals surface area contributed by atoms with Crippen LogP contribution in [0.25, 0.3) is 0 Å². The fourth-order valence-electron chi connectivity index (χ4n) is 0. The Morgan fingerprint density at radius 3 is 1.29 bits per heavy atom. The molecule has 0 bridgehead atoms. The van der Waals surface area contributed by atoms with Gasteiger partial charge in [0.05, 0.1) is 0 Å². The smallest absolute Gasteiger partial charge is 0.00698 e. The fourth-order valence-corrected chi connectivity index (χ4v) is 0. The Labute approximate surface area is 50.9 Å². The SMILES string of the molecule is CC(C)(C)C(P)P. The molecular weight excluding hydrogens is 122 g/mol. The number of hydrogen-bond acceptors (Lipinski definition) is 0. The third kappa shape index (κ3) is 3.44. The highest BCUT2D eigenvalue weighted by molar-refractivity contribution is 7.37. The lowest BCUT2D eigenvalue weighted by molar-refractivity contribution is 0.459. The third-order valence-corrected chi connectivity index (χ3v) is 3.00. The Kier molecular flexibility index (Phi) is 2.72. The maximum absolute atomic E-state index is 2.77. The highest BCUT2D eigenvalue weighted by Crippen LogP contribution is 2.30. The van der Waals surface area contributed by atoms with Crippen molar-refractivity contribution in [3.8, 4) is 0 Å². The average Bonchev–Trinajstić information content (AvgIpc) is 1.31. The van der Waals surface area contributed by atoms with Crippen molar-refractivity contribution in [3.63, 3.8) is 0 Å². The Hall–Kier alpha value is 0.860. The molecule has 2 atom stereocenters. The van der Waals surface area contributed by atoms with Crippen LogP contribution >= 0.6 is 18.5 Å². The van der Waals surface area contributed by atoms with Crippen molar-refractivity contribution in [2.75, 3.05) is 0 Å². The van der Waals surface area contributed by atoms with Crippen molar-refractivity contribution in [3.05, 3.63) is 0 Å². The number of rotatable bonds is 0. The molecule has 0 aliphatic rings. The van der Waals surface area contributed by atoms with Gasteiger partial charge in [-0.1, -0.05) is 20.8 Å². The molecule has 0 fully saturated rings. The molecule has 0 radical (unpaired) electrons. The van der Waals surface area contributed by atoms with E-state index in [0.717, 1.165) is 0 Å². The van der Waals surface area contributed by atoms with Crippen molar-refractivity contribution in [2.24, 2.45) is 5.41 Å². The summed E-state index contributed by atoms with van der Waals surface area (Å²) in [5, 5.41) is 0.632. The van der Waals surface area contributed by atoms with Crippen LogP contribution in [0.1, 0.15) is 20.8 Å². The largest absolute Gasteiger partial charge is 0.130 e. The van der Waals surface area contributed by atoms with Gasteiger partial charge in [0.15, 0.2) is 0 Å². The molecule has 7 heavy (non-hydrogen) atoms. The summed E-state index contributed by atoms with van der Waals surface area (Å²) in [5.41, 5.74) is 0.426. The van der Waals surface area contributed by atoms with E-state index in [1.54, 1.807) is 0 Å². The molecule has 0 nitrogen and oxygen atoms in total. The van der Waals surface area contributed by atoms with Crippen LogP contribution < -0.4 is 0 Å². The van der Waals surface area contributed by atoms with Gasteiger partial charge in [0.25, 0.3) is 0 Å². The van der Waals surface area contributed by atoms with Gasteiger partial charge in [-0.25, -0.2) is 0 Å². The molecule has 0 rings (SSSR count). The summed E-state index contributed by atoms with van der Waals surface area (Å²) in [6.45, 7) is 6.66. The molecule has 0 saturated heterocycles. The lowest BCUT2D eigenvalue weighted by Gasteiger charge is -2.22. The Bertz CT molecular complexity index is 51.6. The summed E-state index contributed by atoms with van der Waals surface area (Å²) in [4.78, 5) is 0. The minimum Gasteiger partial charge on any atom is -0.130 e. The Balaban J connectivity index is 3.54. The van der Waals surface area contributed by atoms with Crippen molar-refractivity contribution < 1.29 is 0 Å². The van der Waals surface area contributed by atoms with Crippen LogP contribution in [0.4, 0.5) is 0 Å². The zero-order valence-electron chi connectivity index (χ0n) is 5.23. The van der Waals surface area contributed by atoms with E-state index in [1.165, 1.54) is 0 Å². The monoisotopic (exact) mass is 136 g/mol. The van der Waals surface area contributed by atoms with Crippen LogP contribution in [-0.4, -0.2) is 5.40 Å². The van der Waals surface area contributed by atoms with E-state index in [1.807, 2.05) is 0 Å². The highest BCUT2D eigenvalue weighted by Gasteiger charge is 2.14. The van der Waals surface area contributed by atoms with Gasteiger partial charge in [0, 0.05) is 0 Å². The first-order valence-electron chi connectivity index (χ1n) is 2.46. The molecule has 0 spiro atoms. The molecule has 2 heteroatoms. The minimum absolute atomic E-state index is 0.426. The zero-order chi connectivity index (χ0) is 6.08. The van der Waals surface area contributed by atoms with Crippen LogP contribution in [0.2, 0.25) is 0 Å². The average molecular weight is 136 g/mol. The quantitative estimate of drug-likeness (QED) is 0.447. The lowest BCUT2D eigenvalue weighted by Crippen LogP contribution is -2.12. The van der Waals surface area contributed by atoms with Crippen molar-refractivity contribution in [1.29, 1.82) is 0 Å². The maximum atomic E-state index is 2.77. The molecule has 0 amide bonds. The summed E-state index contributed by atoms with van der Waals surface area (Å²) >= 11 is 0. The maximum Gasteiger partial charge on any atom is -0.00698 e. The van der Waals surface area contributed by atoms with E-state index >= 15 is 0 Å². The molecule has 0 N–H and O–H groups in total. The fraction of sp³-hybridized carbons (Fsp3) is 1.00. The lowest BCUT2D eigenvalue weighted by atomic mass is 10.0. The van der Waals surface area contributed by atoms with Crippen molar-refractivity contribution >= 4 is 18.5 Å². The Morgan fingerprint density at radius 2 is 1.29 bits per heavy atom. The van der Waals surface area contributed by atoms with Gasteiger partial charge < -0.3 is 0 Å². The molecule has 0 aromatic carbocycles. The third-order valence-electron chi connectivity index (χ3n) is 1.00. The molecule has 44 valence electrons. The summed E-state index contributed by atoms with van der Waals surface area (Å²) in [5.74, 6) is 0. The first-order valence-corrected chi connectivity index (χ1v) is 3.79. The predicted molar refractivity (Wildman–Crippen MR) is 42.7 cm³/mol. The van der Waals surface area contributed by atoms with Gasteiger partial charge in [-0.05, 0) is 10.8 Å². The molecular formula is C5H14P2. The second-order valence-corrected chi connectivity index (χ2v) is 5.10. The molecule has 0 aliphatic carbocycles. The number of hydrogen-bond donors (Lipinski definition) is 0. The van der Waals surface area contributed by atoms with Gasteiger partial charge >= 0.3 is 0 Å². The van der Waals surface area contributed by atoms with Crippen LogP contribution in [0.3, 0.4) is 0 Å². The minimum atomic E-state index is 0.426. The van der Waals surface area contributed by atoms with Crippen LogP contribution in [-0.2, 0) is 0 Å². The highest BCUT2D eigenvalue weighted by atomic mass is 31.1. The normalized spacial score (nSPS) is 12.9. The van der Waals surface area contributed by atoms with E-state index in [9.17, 15) is 0 Å². The van der Waals surface area contributed by atoms with Gasteiger partial charge in [0.2, 0.25) is 0 Å². The van der Waals surface area contributed by atoms with Crippen molar-refractivity contribution in [1.82, 2.24) is 0 Å². The molecule has 2 unspecified atom stereocenters. The van der Waals surface area contributed by atoms with E-state index in [2.05, 4.69) is 39.3 Å². The second-order valence-electron chi connectivity index (χ2n) is 2.89. The molecule has 0 saturated carbocycles. The van der Waals surface area contributed by atoms with E-state index in [-0.39, 0.29) is 0 Å². The van der Waals surface area contributed by atoms with Crippen LogP contribution in [0, 0.1) is 5.41 Å². The molecule has 0 heterocycles. The predicted octanol–water partition coefficient (Wildman–Crippen LogP) is 2.11. The van der Waals surface area contributed by atoms with Crippen LogP contribution in [0.15, 0.2) is 0 Å². The van der Waals surface area contributed by atoms with Crippen molar-refractivity contribution in [2.45, 2.75) is 26.2 Å². The Morgan fingerprint density at radius 1 is 1.14 bits per heavy atom. The summed E-state index contributed by atoms with van der Waals surface area (Å²) in [6, 6.07) is 0. The van der Waals surface area contributed by atoms with Gasteiger partial charge in [0.1, 0.15) is 0 Å². The standard InChI is InChI=1S/C5H14P2/c1-5(2,3)4(6)7/h4H,6-7H2,1-3H3. The van der Waals surface area contributed by atoms with E-state index in [4.69, 9.17) is 0 Å². The molecule has 0 aliphatic heterocycles. The van der Waals surface area contributed by atoms with Gasteiger partial charge in [-0.15, -0.1) is 18.5 Å². The first kappa shape index (κ1) is 7.86. The topological polar surface area (TPSA) is 0 Å². The molecule has 0 aromatic heterocycles. The van der Waals surface area contributed by atoms with Gasteiger partial charge in [-0.3, -0.25) is 0 Å². The summed E-state index contributed by atoms with van der Waals surface area (Å²) in [7, 11) is 5.53.